The van der Waals surface area contributed by atoms with Gasteiger partial charge in [-0.05, 0) is 48.6 Å². The Bertz CT molecular complexity index is 1020. The Kier molecular flexibility index (Phi) is 7.03. The second-order valence-corrected chi connectivity index (χ2v) is 9.47. The minimum Gasteiger partial charge on any atom is -0.326 e. The number of aromatic nitrogens is 3. The molecule has 0 unspecified atom stereocenters. The van der Waals surface area contributed by atoms with Crippen LogP contribution in [0.5, 0.6) is 0 Å². The number of hydrogen-bond acceptors (Lipinski definition) is 6. The zero-order valence-corrected chi connectivity index (χ0v) is 19.0. The predicted molar refractivity (Wildman–Crippen MR) is 125 cm³/mol. The van der Waals surface area contributed by atoms with Crippen LogP contribution in [0.25, 0.3) is 10.7 Å². The van der Waals surface area contributed by atoms with E-state index in [0.29, 0.717) is 10.8 Å². The van der Waals surface area contributed by atoms with Crippen LogP contribution in [0, 0.1) is 5.92 Å². The minimum atomic E-state index is -0.121. The Morgan fingerprint density at radius 3 is 2.45 bits per heavy atom. The molecule has 31 heavy (non-hydrogen) atoms. The molecule has 0 bridgehead atoms. The highest BCUT2D eigenvalue weighted by atomic mass is 32.2. The van der Waals surface area contributed by atoms with Gasteiger partial charge in [-0.3, -0.25) is 9.59 Å². The van der Waals surface area contributed by atoms with Gasteiger partial charge in [0.2, 0.25) is 11.8 Å². The van der Waals surface area contributed by atoms with Gasteiger partial charge >= 0.3 is 0 Å². The zero-order chi connectivity index (χ0) is 21.6. The molecule has 0 saturated heterocycles. The Morgan fingerprint density at radius 2 is 1.77 bits per heavy atom. The standard InChI is InChI=1S/C22H25N5O2S2/c1-27-20(18-8-5-13-30-18)25-26-22(27)31-14-19(28)23-16-9-11-17(12-10-16)24-21(29)15-6-3-2-4-7-15/h5,8-13,15H,2-4,6-7,14H2,1H3,(H,23,28)(H,24,29). The molecule has 2 N–H and O–H groups in total. The Morgan fingerprint density at radius 1 is 1.06 bits per heavy atom. The molecule has 0 atom stereocenters. The maximum Gasteiger partial charge on any atom is 0.234 e. The molecule has 2 heterocycles. The van der Waals surface area contributed by atoms with E-state index in [4.69, 9.17) is 0 Å². The SMILES string of the molecule is Cn1c(SCC(=O)Nc2ccc(NC(=O)C3CCCCC3)cc2)nnc1-c1cccs1. The second-order valence-electron chi connectivity index (χ2n) is 7.58. The fraction of sp³-hybridized carbons (Fsp3) is 0.364. The van der Waals surface area contributed by atoms with Gasteiger partial charge in [-0.25, -0.2) is 0 Å². The number of carbonyl (C=O) groups excluding carboxylic acids is 2. The molecular formula is C22H25N5O2S2. The number of amides is 2. The Labute approximate surface area is 189 Å². The van der Waals surface area contributed by atoms with E-state index >= 15 is 0 Å². The van der Waals surface area contributed by atoms with Crippen LogP contribution >= 0.6 is 23.1 Å². The molecule has 1 aromatic carbocycles. The first kappa shape index (κ1) is 21.6. The van der Waals surface area contributed by atoms with Crippen molar-refractivity contribution < 1.29 is 9.59 Å². The van der Waals surface area contributed by atoms with E-state index in [1.807, 2.05) is 41.3 Å². The van der Waals surface area contributed by atoms with Crippen molar-refractivity contribution in [2.75, 3.05) is 16.4 Å². The van der Waals surface area contributed by atoms with Crippen LogP contribution in [0.15, 0.2) is 46.9 Å². The molecule has 7 nitrogen and oxygen atoms in total. The van der Waals surface area contributed by atoms with E-state index in [1.165, 1.54) is 18.2 Å². The van der Waals surface area contributed by atoms with E-state index in [0.717, 1.165) is 42.1 Å². The van der Waals surface area contributed by atoms with E-state index in [9.17, 15) is 9.59 Å². The first-order valence-electron chi connectivity index (χ1n) is 10.4. The van der Waals surface area contributed by atoms with Crippen LogP contribution in [0.2, 0.25) is 0 Å². The third-order valence-electron chi connectivity index (χ3n) is 5.32. The highest BCUT2D eigenvalue weighted by molar-refractivity contribution is 7.99. The topological polar surface area (TPSA) is 88.9 Å². The number of thiophene rings is 1. The first-order valence-corrected chi connectivity index (χ1v) is 12.2. The van der Waals surface area contributed by atoms with Crippen molar-refractivity contribution in [1.29, 1.82) is 0 Å². The summed E-state index contributed by atoms with van der Waals surface area (Å²) in [6.45, 7) is 0. The molecule has 2 aromatic heterocycles. The maximum absolute atomic E-state index is 12.4. The average molecular weight is 456 g/mol. The van der Waals surface area contributed by atoms with Gasteiger partial charge in [0.05, 0.1) is 10.6 Å². The second kappa shape index (κ2) is 10.1. The van der Waals surface area contributed by atoms with Crippen molar-refractivity contribution >= 4 is 46.3 Å². The number of hydrogen-bond donors (Lipinski definition) is 2. The molecule has 0 aliphatic heterocycles. The molecule has 162 valence electrons. The highest BCUT2D eigenvalue weighted by Gasteiger charge is 2.21. The van der Waals surface area contributed by atoms with Crippen LogP contribution in [0.4, 0.5) is 11.4 Å². The van der Waals surface area contributed by atoms with Crippen LogP contribution in [-0.4, -0.2) is 32.3 Å². The van der Waals surface area contributed by atoms with Crippen LogP contribution in [0.3, 0.4) is 0 Å². The monoisotopic (exact) mass is 455 g/mol. The number of anilines is 2. The number of carbonyl (C=O) groups is 2. The van der Waals surface area contributed by atoms with Crippen LogP contribution < -0.4 is 10.6 Å². The lowest BCUT2D eigenvalue weighted by Crippen LogP contribution is -2.24. The summed E-state index contributed by atoms with van der Waals surface area (Å²) in [5.74, 6) is 1.12. The molecule has 2 amide bonds. The van der Waals surface area contributed by atoms with E-state index in [1.54, 1.807) is 23.5 Å². The molecule has 9 heteroatoms. The lowest BCUT2D eigenvalue weighted by atomic mass is 9.88. The van der Waals surface area contributed by atoms with Gasteiger partial charge in [-0.15, -0.1) is 21.5 Å². The summed E-state index contributed by atoms with van der Waals surface area (Å²) in [5.41, 5.74) is 1.45. The molecular weight excluding hydrogens is 430 g/mol. The van der Waals surface area contributed by atoms with Crippen molar-refractivity contribution in [2.24, 2.45) is 13.0 Å². The quantitative estimate of drug-likeness (QED) is 0.500. The molecule has 3 aromatic rings. The smallest absolute Gasteiger partial charge is 0.234 e. The summed E-state index contributed by atoms with van der Waals surface area (Å²) in [7, 11) is 1.90. The lowest BCUT2D eigenvalue weighted by Gasteiger charge is -2.20. The predicted octanol–water partition coefficient (Wildman–Crippen LogP) is 4.79. The van der Waals surface area contributed by atoms with Crippen LogP contribution in [0.1, 0.15) is 32.1 Å². The van der Waals surface area contributed by atoms with Crippen molar-refractivity contribution in [1.82, 2.24) is 14.8 Å². The van der Waals surface area contributed by atoms with Gasteiger partial charge in [-0.2, -0.15) is 0 Å². The number of nitrogens with zero attached hydrogens (tertiary/aromatic N) is 3. The first-order chi connectivity index (χ1) is 15.1. The van der Waals surface area contributed by atoms with Gasteiger partial charge in [0.15, 0.2) is 11.0 Å². The summed E-state index contributed by atoms with van der Waals surface area (Å²) >= 11 is 2.95. The third kappa shape index (κ3) is 5.54. The third-order valence-corrected chi connectivity index (χ3v) is 7.21. The Balaban J connectivity index is 1.27. The fourth-order valence-electron chi connectivity index (χ4n) is 3.63. The van der Waals surface area contributed by atoms with Crippen LogP contribution in [-0.2, 0) is 16.6 Å². The normalized spacial score (nSPS) is 14.4. The average Bonchev–Trinajstić information content (AvgIpc) is 3.44. The van der Waals surface area contributed by atoms with Crippen molar-refractivity contribution in [3.8, 4) is 10.7 Å². The molecule has 1 saturated carbocycles. The van der Waals surface area contributed by atoms with Gasteiger partial charge in [0, 0.05) is 24.3 Å². The molecule has 0 radical (unpaired) electrons. The van der Waals surface area contributed by atoms with Gasteiger partial charge in [0.25, 0.3) is 0 Å². The number of thioether (sulfide) groups is 1. The van der Waals surface area contributed by atoms with E-state index < -0.39 is 0 Å². The highest BCUT2D eigenvalue weighted by Crippen LogP contribution is 2.27. The van der Waals surface area contributed by atoms with Crippen molar-refractivity contribution in [3.05, 3.63) is 41.8 Å². The molecule has 1 fully saturated rings. The lowest BCUT2D eigenvalue weighted by molar-refractivity contribution is -0.120. The summed E-state index contributed by atoms with van der Waals surface area (Å²) in [6.07, 6.45) is 5.42. The van der Waals surface area contributed by atoms with E-state index in [-0.39, 0.29) is 23.5 Å². The van der Waals surface area contributed by atoms with Crippen molar-refractivity contribution in [3.63, 3.8) is 0 Å². The molecule has 1 aliphatic rings. The molecule has 0 spiro atoms. The number of nitrogens with one attached hydrogen (secondary N) is 2. The maximum atomic E-state index is 12.4. The van der Waals surface area contributed by atoms with E-state index in [2.05, 4.69) is 20.8 Å². The summed E-state index contributed by atoms with van der Waals surface area (Å²) in [6, 6.07) is 11.2. The largest absolute Gasteiger partial charge is 0.326 e. The van der Waals surface area contributed by atoms with Crippen molar-refractivity contribution in [2.45, 2.75) is 37.3 Å². The Hall–Kier alpha value is -2.65. The summed E-state index contributed by atoms with van der Waals surface area (Å²) in [5, 5.41) is 17.0. The summed E-state index contributed by atoms with van der Waals surface area (Å²) < 4.78 is 1.90. The number of rotatable bonds is 7. The van der Waals surface area contributed by atoms with Gasteiger partial charge < -0.3 is 15.2 Å². The fourth-order valence-corrected chi connectivity index (χ4v) is 5.09. The molecule has 4 rings (SSSR count). The number of benzene rings is 1. The molecule has 1 aliphatic carbocycles. The van der Waals surface area contributed by atoms with Gasteiger partial charge in [0.1, 0.15) is 0 Å². The minimum absolute atomic E-state index is 0.0958. The van der Waals surface area contributed by atoms with Gasteiger partial charge in [-0.1, -0.05) is 37.1 Å². The zero-order valence-electron chi connectivity index (χ0n) is 17.3. The summed E-state index contributed by atoms with van der Waals surface area (Å²) in [4.78, 5) is 25.7.